The summed E-state index contributed by atoms with van der Waals surface area (Å²) in [5.41, 5.74) is 8.58. The third-order valence-electron chi connectivity index (χ3n) is 4.48. The molecule has 3 rings (SSSR count). The van der Waals surface area contributed by atoms with Crippen LogP contribution < -0.4 is 10.5 Å². The van der Waals surface area contributed by atoms with E-state index in [-0.39, 0.29) is 0 Å². The van der Waals surface area contributed by atoms with Gasteiger partial charge in [0.1, 0.15) is 12.4 Å². The highest BCUT2D eigenvalue weighted by molar-refractivity contribution is 5.31. The summed E-state index contributed by atoms with van der Waals surface area (Å²) in [5, 5.41) is 0. The summed E-state index contributed by atoms with van der Waals surface area (Å²) in [7, 11) is 0. The van der Waals surface area contributed by atoms with E-state index < -0.39 is 0 Å². The van der Waals surface area contributed by atoms with E-state index in [1.54, 1.807) is 0 Å². The van der Waals surface area contributed by atoms with Gasteiger partial charge in [-0.15, -0.1) is 0 Å². The van der Waals surface area contributed by atoms with E-state index in [1.807, 2.05) is 0 Å². The minimum atomic E-state index is 0.393. The Bertz CT molecular complexity index is 574. The second kappa shape index (κ2) is 8.14. The molecule has 0 aromatic heterocycles. The highest BCUT2D eigenvalue weighted by Crippen LogP contribution is 2.15. The van der Waals surface area contributed by atoms with Crippen molar-refractivity contribution in [1.82, 2.24) is 4.90 Å². The maximum atomic E-state index is 5.93. The SMILES string of the molecule is NC1CCN(CCOc2ccc(Cc3ccccc3)cc2)CC1. The van der Waals surface area contributed by atoms with Crippen LogP contribution in [0.25, 0.3) is 0 Å². The standard InChI is InChI=1S/C20H26N2O/c21-19-10-12-22(13-11-19)14-15-23-20-8-6-18(7-9-20)16-17-4-2-1-3-5-17/h1-9,19H,10-16,21H2. The van der Waals surface area contributed by atoms with E-state index in [0.717, 1.165) is 51.3 Å². The van der Waals surface area contributed by atoms with E-state index in [9.17, 15) is 0 Å². The van der Waals surface area contributed by atoms with Gasteiger partial charge in [0.05, 0.1) is 0 Å². The molecule has 1 heterocycles. The van der Waals surface area contributed by atoms with Crippen LogP contribution in [0.3, 0.4) is 0 Å². The normalized spacial score (nSPS) is 16.4. The van der Waals surface area contributed by atoms with Crippen LogP contribution in [0.5, 0.6) is 5.75 Å². The van der Waals surface area contributed by atoms with Crippen LogP contribution in [0.15, 0.2) is 54.6 Å². The Morgan fingerprint density at radius 3 is 2.26 bits per heavy atom. The third-order valence-corrected chi connectivity index (χ3v) is 4.48. The van der Waals surface area contributed by atoms with Crippen molar-refractivity contribution in [2.45, 2.75) is 25.3 Å². The lowest BCUT2D eigenvalue weighted by Crippen LogP contribution is -2.41. The number of hydrogen-bond acceptors (Lipinski definition) is 3. The summed E-state index contributed by atoms with van der Waals surface area (Å²) in [6, 6.07) is 19.4. The molecule has 2 aromatic rings. The van der Waals surface area contributed by atoms with Gasteiger partial charge in [-0.1, -0.05) is 42.5 Å². The molecular formula is C20H26N2O. The first-order chi connectivity index (χ1) is 11.3. The molecular weight excluding hydrogens is 284 g/mol. The highest BCUT2D eigenvalue weighted by atomic mass is 16.5. The molecule has 122 valence electrons. The topological polar surface area (TPSA) is 38.5 Å². The molecule has 2 aromatic carbocycles. The molecule has 0 aliphatic carbocycles. The maximum Gasteiger partial charge on any atom is 0.119 e. The van der Waals surface area contributed by atoms with E-state index in [1.165, 1.54) is 11.1 Å². The molecule has 0 saturated carbocycles. The molecule has 1 aliphatic rings. The molecule has 3 heteroatoms. The molecule has 0 amide bonds. The van der Waals surface area contributed by atoms with E-state index in [2.05, 4.69) is 59.5 Å². The van der Waals surface area contributed by atoms with Crippen molar-refractivity contribution >= 4 is 0 Å². The number of rotatable bonds is 6. The number of hydrogen-bond donors (Lipinski definition) is 1. The average Bonchev–Trinajstić information content (AvgIpc) is 2.59. The van der Waals surface area contributed by atoms with Gasteiger partial charge in [-0.2, -0.15) is 0 Å². The summed E-state index contributed by atoms with van der Waals surface area (Å²) in [5.74, 6) is 0.954. The molecule has 0 spiro atoms. The van der Waals surface area contributed by atoms with Crippen LogP contribution in [0.2, 0.25) is 0 Å². The first-order valence-corrected chi connectivity index (χ1v) is 8.53. The Balaban J connectivity index is 1.42. The predicted molar refractivity (Wildman–Crippen MR) is 94.8 cm³/mol. The van der Waals surface area contributed by atoms with Gasteiger partial charge in [0.15, 0.2) is 0 Å². The second-order valence-electron chi connectivity index (χ2n) is 6.33. The van der Waals surface area contributed by atoms with Crippen molar-refractivity contribution < 1.29 is 4.74 Å². The first-order valence-electron chi connectivity index (χ1n) is 8.53. The minimum Gasteiger partial charge on any atom is -0.492 e. The molecule has 0 unspecified atom stereocenters. The molecule has 1 fully saturated rings. The highest BCUT2D eigenvalue weighted by Gasteiger charge is 2.15. The number of piperidine rings is 1. The summed E-state index contributed by atoms with van der Waals surface area (Å²) in [6.07, 6.45) is 3.18. The average molecular weight is 310 g/mol. The fourth-order valence-electron chi connectivity index (χ4n) is 3.00. The number of benzene rings is 2. The van der Waals surface area contributed by atoms with Crippen molar-refractivity contribution in [2.75, 3.05) is 26.2 Å². The summed E-state index contributed by atoms with van der Waals surface area (Å²) < 4.78 is 5.87. The number of likely N-dealkylation sites (tertiary alicyclic amines) is 1. The zero-order chi connectivity index (χ0) is 15.9. The number of nitrogens with zero attached hydrogens (tertiary/aromatic N) is 1. The third kappa shape index (κ3) is 5.08. The molecule has 0 atom stereocenters. The summed E-state index contributed by atoms with van der Waals surface area (Å²) >= 11 is 0. The van der Waals surface area contributed by atoms with Crippen molar-refractivity contribution in [2.24, 2.45) is 5.73 Å². The Morgan fingerprint density at radius 2 is 1.57 bits per heavy atom. The molecule has 1 aliphatic heterocycles. The molecule has 23 heavy (non-hydrogen) atoms. The lowest BCUT2D eigenvalue weighted by atomic mass is 10.1. The Morgan fingerprint density at radius 1 is 0.913 bits per heavy atom. The lowest BCUT2D eigenvalue weighted by Gasteiger charge is -2.29. The smallest absolute Gasteiger partial charge is 0.119 e. The van der Waals surface area contributed by atoms with Gasteiger partial charge in [-0.3, -0.25) is 4.90 Å². The van der Waals surface area contributed by atoms with Gasteiger partial charge in [-0.05, 0) is 55.6 Å². The van der Waals surface area contributed by atoms with Crippen molar-refractivity contribution in [3.63, 3.8) is 0 Å². The monoisotopic (exact) mass is 310 g/mol. The zero-order valence-corrected chi connectivity index (χ0v) is 13.7. The largest absolute Gasteiger partial charge is 0.492 e. The molecule has 2 N–H and O–H groups in total. The second-order valence-corrected chi connectivity index (χ2v) is 6.33. The van der Waals surface area contributed by atoms with Gasteiger partial charge < -0.3 is 10.5 Å². The lowest BCUT2D eigenvalue weighted by molar-refractivity contribution is 0.174. The van der Waals surface area contributed by atoms with E-state index in [0.29, 0.717) is 6.04 Å². The summed E-state index contributed by atoms with van der Waals surface area (Å²) in [6.45, 7) is 3.92. The van der Waals surface area contributed by atoms with Gasteiger partial charge in [0.2, 0.25) is 0 Å². The maximum absolute atomic E-state index is 5.93. The van der Waals surface area contributed by atoms with Gasteiger partial charge >= 0.3 is 0 Å². The van der Waals surface area contributed by atoms with Gasteiger partial charge in [0.25, 0.3) is 0 Å². The number of nitrogens with two attached hydrogens (primary N) is 1. The fraction of sp³-hybridized carbons (Fsp3) is 0.400. The van der Waals surface area contributed by atoms with Crippen LogP contribution in [-0.2, 0) is 6.42 Å². The van der Waals surface area contributed by atoms with Crippen LogP contribution in [-0.4, -0.2) is 37.2 Å². The molecule has 3 nitrogen and oxygen atoms in total. The first kappa shape index (κ1) is 16.0. The zero-order valence-electron chi connectivity index (χ0n) is 13.7. The fourth-order valence-corrected chi connectivity index (χ4v) is 3.00. The molecule has 0 radical (unpaired) electrons. The van der Waals surface area contributed by atoms with Crippen LogP contribution in [0, 0.1) is 0 Å². The van der Waals surface area contributed by atoms with Crippen LogP contribution in [0.4, 0.5) is 0 Å². The van der Waals surface area contributed by atoms with Gasteiger partial charge in [0, 0.05) is 12.6 Å². The number of ether oxygens (including phenoxy) is 1. The minimum absolute atomic E-state index is 0.393. The van der Waals surface area contributed by atoms with E-state index in [4.69, 9.17) is 10.5 Å². The van der Waals surface area contributed by atoms with Crippen molar-refractivity contribution in [1.29, 1.82) is 0 Å². The van der Waals surface area contributed by atoms with Crippen molar-refractivity contribution in [3.8, 4) is 5.75 Å². The van der Waals surface area contributed by atoms with Crippen LogP contribution >= 0.6 is 0 Å². The van der Waals surface area contributed by atoms with Crippen LogP contribution in [0.1, 0.15) is 24.0 Å². The Hall–Kier alpha value is -1.84. The molecule has 1 saturated heterocycles. The van der Waals surface area contributed by atoms with Crippen molar-refractivity contribution in [3.05, 3.63) is 65.7 Å². The van der Waals surface area contributed by atoms with E-state index >= 15 is 0 Å². The Kier molecular flexibility index (Phi) is 5.67. The Labute approximate surface area is 139 Å². The summed E-state index contributed by atoms with van der Waals surface area (Å²) in [4.78, 5) is 2.44. The quantitative estimate of drug-likeness (QED) is 0.891. The predicted octanol–water partition coefficient (Wildman–Crippen LogP) is 3.08. The van der Waals surface area contributed by atoms with Gasteiger partial charge in [-0.25, -0.2) is 0 Å². The molecule has 0 bridgehead atoms.